The number of aryl methyl sites for hydroxylation is 1. The molecule has 0 N–H and O–H groups in total. The average Bonchev–Trinajstić information content (AvgIpc) is 2.80. The van der Waals surface area contributed by atoms with Crippen molar-refractivity contribution in [1.29, 1.82) is 0 Å². The highest BCUT2D eigenvalue weighted by atomic mass is 16.5. The molecule has 1 amide bonds. The predicted octanol–water partition coefficient (Wildman–Crippen LogP) is 0.790. The number of carbonyl (C=O) groups is 1. The largest absolute Gasteiger partial charge is 0.342 e. The first-order valence-corrected chi connectivity index (χ1v) is 7.03. The normalized spacial score (nSPS) is 21.4. The quantitative estimate of drug-likeness (QED) is 0.807. The molecule has 6 nitrogen and oxygen atoms in total. The van der Waals surface area contributed by atoms with Gasteiger partial charge in [-0.25, -0.2) is 0 Å². The summed E-state index contributed by atoms with van der Waals surface area (Å²) in [6, 6.07) is 0. The maximum atomic E-state index is 12.1. The van der Waals surface area contributed by atoms with Crippen molar-refractivity contribution in [3.63, 3.8) is 0 Å². The lowest BCUT2D eigenvalue weighted by Crippen LogP contribution is -2.51. The van der Waals surface area contributed by atoms with E-state index < -0.39 is 0 Å². The molecule has 1 aromatic heterocycles. The number of amides is 1. The van der Waals surface area contributed by atoms with Crippen molar-refractivity contribution in [1.82, 2.24) is 19.9 Å². The van der Waals surface area contributed by atoms with E-state index >= 15 is 0 Å². The van der Waals surface area contributed by atoms with Gasteiger partial charge in [-0.1, -0.05) is 5.16 Å². The van der Waals surface area contributed by atoms with E-state index in [4.69, 9.17) is 4.52 Å². The van der Waals surface area contributed by atoms with Crippen molar-refractivity contribution in [2.75, 3.05) is 32.7 Å². The molecule has 0 saturated carbocycles. The molecule has 2 fully saturated rings. The summed E-state index contributed by atoms with van der Waals surface area (Å²) < 4.78 is 5.15. The molecule has 0 atom stereocenters. The first-order chi connectivity index (χ1) is 9.22. The lowest BCUT2D eigenvalue weighted by molar-refractivity contribution is -0.134. The Labute approximate surface area is 112 Å². The number of aromatic nitrogens is 2. The van der Waals surface area contributed by atoms with Crippen LogP contribution >= 0.6 is 0 Å². The molecule has 6 heteroatoms. The molecule has 0 bridgehead atoms. The van der Waals surface area contributed by atoms with Gasteiger partial charge in [0.1, 0.15) is 0 Å². The van der Waals surface area contributed by atoms with Crippen molar-refractivity contribution >= 4 is 5.91 Å². The lowest BCUT2D eigenvalue weighted by Gasteiger charge is -2.38. The van der Waals surface area contributed by atoms with E-state index in [0.717, 1.165) is 39.0 Å². The Hall–Kier alpha value is -1.43. The molecule has 3 rings (SSSR count). The number of hydrogen-bond donors (Lipinski definition) is 0. The summed E-state index contributed by atoms with van der Waals surface area (Å²) in [4.78, 5) is 20.5. The maximum absolute atomic E-state index is 12.1. The Morgan fingerprint density at radius 2 is 2.05 bits per heavy atom. The Bertz CT molecular complexity index is 447. The third-order valence-electron chi connectivity index (χ3n) is 3.92. The average molecular weight is 264 g/mol. The molecule has 19 heavy (non-hydrogen) atoms. The highest BCUT2D eigenvalue weighted by Gasteiger charge is 2.34. The summed E-state index contributed by atoms with van der Waals surface area (Å²) in [5, 5.41) is 3.80. The smallest absolute Gasteiger partial charge is 0.236 e. The minimum atomic E-state index is 0.264. The Kier molecular flexibility index (Phi) is 3.50. The van der Waals surface area contributed by atoms with Crippen LogP contribution in [0.5, 0.6) is 0 Å². The number of likely N-dealkylation sites (tertiary alicyclic amines) is 2. The molecule has 3 heterocycles. The molecule has 0 unspecified atom stereocenters. The fourth-order valence-corrected chi connectivity index (χ4v) is 2.77. The Morgan fingerprint density at radius 1 is 1.32 bits per heavy atom. The zero-order valence-electron chi connectivity index (χ0n) is 11.3. The van der Waals surface area contributed by atoms with Gasteiger partial charge in [-0.2, -0.15) is 4.98 Å². The van der Waals surface area contributed by atoms with E-state index in [9.17, 15) is 4.79 Å². The van der Waals surface area contributed by atoms with Gasteiger partial charge in [0.25, 0.3) is 0 Å². The number of carbonyl (C=O) groups excluding carboxylic acids is 1. The van der Waals surface area contributed by atoms with Crippen molar-refractivity contribution in [2.24, 2.45) is 0 Å². The van der Waals surface area contributed by atoms with E-state index in [1.165, 1.54) is 6.42 Å². The molecule has 2 aliphatic heterocycles. The van der Waals surface area contributed by atoms with Gasteiger partial charge >= 0.3 is 0 Å². The van der Waals surface area contributed by atoms with Crippen LogP contribution in [0.1, 0.15) is 36.9 Å². The molecule has 0 spiro atoms. The van der Waals surface area contributed by atoms with Crippen molar-refractivity contribution in [3.05, 3.63) is 11.7 Å². The first kappa shape index (κ1) is 12.6. The van der Waals surface area contributed by atoms with Crippen LogP contribution in [-0.2, 0) is 4.79 Å². The molecule has 0 aliphatic carbocycles. The fourth-order valence-electron chi connectivity index (χ4n) is 2.77. The Morgan fingerprint density at radius 3 is 2.68 bits per heavy atom. The molecule has 0 aromatic carbocycles. The molecule has 0 radical (unpaired) electrons. The second-order valence-electron chi connectivity index (χ2n) is 5.51. The molecular formula is C13H20N4O2. The summed E-state index contributed by atoms with van der Waals surface area (Å²) in [5.74, 6) is 1.95. The van der Waals surface area contributed by atoms with E-state index in [1.807, 2.05) is 11.8 Å². The van der Waals surface area contributed by atoms with Gasteiger partial charge < -0.3 is 9.42 Å². The first-order valence-electron chi connectivity index (χ1n) is 7.03. The van der Waals surface area contributed by atoms with E-state index in [1.54, 1.807) is 0 Å². The van der Waals surface area contributed by atoms with Crippen molar-refractivity contribution in [3.8, 4) is 0 Å². The molecule has 2 aliphatic rings. The van der Waals surface area contributed by atoms with Crippen LogP contribution in [0.25, 0.3) is 0 Å². The summed E-state index contributed by atoms with van der Waals surface area (Å²) in [5.41, 5.74) is 0. The van der Waals surface area contributed by atoms with E-state index in [2.05, 4.69) is 15.0 Å². The standard InChI is InChI=1S/C13H20N4O2/c1-10-14-13(19-15-10)11-7-16(8-11)9-12(18)17-5-3-2-4-6-17/h11H,2-9H2,1H3. The van der Waals surface area contributed by atoms with Crippen LogP contribution in [0.15, 0.2) is 4.52 Å². The highest BCUT2D eigenvalue weighted by molar-refractivity contribution is 5.78. The monoisotopic (exact) mass is 264 g/mol. The Balaban J connectivity index is 1.44. The second-order valence-corrected chi connectivity index (χ2v) is 5.51. The van der Waals surface area contributed by atoms with Crippen LogP contribution in [-0.4, -0.2) is 58.6 Å². The van der Waals surface area contributed by atoms with E-state index in [-0.39, 0.29) is 5.91 Å². The molecule has 1 aromatic rings. The number of nitrogens with zero attached hydrogens (tertiary/aromatic N) is 4. The molecular weight excluding hydrogens is 244 g/mol. The zero-order chi connectivity index (χ0) is 13.2. The lowest BCUT2D eigenvalue weighted by atomic mass is 10.00. The fraction of sp³-hybridized carbons (Fsp3) is 0.769. The van der Waals surface area contributed by atoms with Gasteiger partial charge in [-0.3, -0.25) is 9.69 Å². The summed E-state index contributed by atoms with van der Waals surface area (Å²) in [6.07, 6.45) is 3.55. The molecule has 104 valence electrons. The highest BCUT2D eigenvalue weighted by Crippen LogP contribution is 2.25. The van der Waals surface area contributed by atoms with Gasteiger partial charge in [0.15, 0.2) is 5.82 Å². The summed E-state index contributed by atoms with van der Waals surface area (Å²) in [6.45, 7) is 5.91. The van der Waals surface area contributed by atoms with Crippen LogP contribution in [0, 0.1) is 6.92 Å². The van der Waals surface area contributed by atoms with Crippen LogP contribution in [0.3, 0.4) is 0 Å². The second kappa shape index (κ2) is 5.28. The van der Waals surface area contributed by atoms with Crippen LogP contribution in [0.4, 0.5) is 0 Å². The van der Waals surface area contributed by atoms with Gasteiger partial charge in [0, 0.05) is 26.2 Å². The van der Waals surface area contributed by atoms with Crippen LogP contribution in [0.2, 0.25) is 0 Å². The summed E-state index contributed by atoms with van der Waals surface area (Å²) in [7, 11) is 0. The van der Waals surface area contributed by atoms with E-state index in [0.29, 0.717) is 24.2 Å². The van der Waals surface area contributed by atoms with Crippen molar-refractivity contribution < 1.29 is 9.32 Å². The SMILES string of the molecule is Cc1noc(C2CN(CC(=O)N3CCCCC3)C2)n1. The number of hydrogen-bond acceptors (Lipinski definition) is 5. The zero-order valence-corrected chi connectivity index (χ0v) is 11.3. The number of piperidine rings is 1. The summed E-state index contributed by atoms with van der Waals surface area (Å²) >= 11 is 0. The maximum Gasteiger partial charge on any atom is 0.236 e. The third-order valence-corrected chi connectivity index (χ3v) is 3.92. The third kappa shape index (κ3) is 2.78. The van der Waals surface area contributed by atoms with Gasteiger partial charge in [-0.05, 0) is 26.2 Å². The topological polar surface area (TPSA) is 62.5 Å². The van der Waals surface area contributed by atoms with Gasteiger partial charge in [0.05, 0.1) is 12.5 Å². The van der Waals surface area contributed by atoms with Crippen molar-refractivity contribution in [2.45, 2.75) is 32.1 Å². The number of rotatable bonds is 3. The molecule has 2 saturated heterocycles. The minimum absolute atomic E-state index is 0.264. The van der Waals surface area contributed by atoms with Gasteiger partial charge in [0.2, 0.25) is 11.8 Å². The van der Waals surface area contributed by atoms with Crippen LogP contribution < -0.4 is 0 Å². The van der Waals surface area contributed by atoms with Gasteiger partial charge in [-0.15, -0.1) is 0 Å². The predicted molar refractivity (Wildman–Crippen MR) is 68.6 cm³/mol. The minimum Gasteiger partial charge on any atom is -0.342 e.